The van der Waals surface area contributed by atoms with Gasteiger partial charge in [0.05, 0.1) is 23.2 Å². The molecule has 1 atom stereocenters. The Hall–Kier alpha value is -4.02. The minimum atomic E-state index is -0.746. The molecule has 3 N–H and O–H groups in total. The highest BCUT2D eigenvalue weighted by Gasteiger charge is 2.39. The molecule has 3 aliphatic heterocycles. The maximum atomic E-state index is 13.8. The molecule has 0 aliphatic carbocycles. The van der Waals surface area contributed by atoms with Gasteiger partial charge in [0.25, 0.3) is 0 Å². The first kappa shape index (κ1) is 32.4. The molecule has 1 unspecified atom stereocenters. The van der Waals surface area contributed by atoms with Crippen LogP contribution in [0.25, 0.3) is 0 Å². The number of piperidine rings is 1. The number of benzene rings is 2. The predicted molar refractivity (Wildman–Crippen MR) is 175 cm³/mol. The largest absolute Gasteiger partial charge is 0.460 e. The van der Waals surface area contributed by atoms with Crippen molar-refractivity contribution in [2.24, 2.45) is 0 Å². The van der Waals surface area contributed by atoms with Crippen LogP contribution in [-0.4, -0.2) is 74.3 Å². The molecule has 2 amide bonds. The van der Waals surface area contributed by atoms with Crippen molar-refractivity contribution in [1.82, 2.24) is 15.5 Å². The number of esters is 2. The molecule has 10 nitrogen and oxygen atoms in total. The summed E-state index contributed by atoms with van der Waals surface area (Å²) in [7, 11) is 0. The number of amides is 2. The predicted octanol–water partition coefficient (Wildman–Crippen LogP) is 5.18. The van der Waals surface area contributed by atoms with Crippen molar-refractivity contribution in [3.63, 3.8) is 0 Å². The normalized spacial score (nSPS) is 19.4. The number of hydrogen-bond donors (Lipinski definition) is 3. The minimum absolute atomic E-state index is 0.206. The molecule has 5 rings (SSSR count). The summed E-state index contributed by atoms with van der Waals surface area (Å²) in [5, 5.41) is 10.2. The molecule has 2 aromatic rings. The summed E-state index contributed by atoms with van der Waals surface area (Å²) in [5.74, 6) is -1.72. The van der Waals surface area contributed by atoms with Crippen LogP contribution in [0.3, 0.4) is 0 Å². The van der Waals surface area contributed by atoms with Crippen LogP contribution in [0.5, 0.6) is 0 Å². The number of nitrogens with one attached hydrogen (secondary N) is 3. The first-order chi connectivity index (χ1) is 21.6. The van der Waals surface area contributed by atoms with Gasteiger partial charge in [-0.05, 0) is 89.5 Å². The van der Waals surface area contributed by atoms with Crippen LogP contribution in [0, 0.1) is 0 Å². The topological polar surface area (TPSA) is 112 Å². The van der Waals surface area contributed by atoms with Gasteiger partial charge in [-0.25, -0.2) is 14.4 Å². The van der Waals surface area contributed by atoms with E-state index in [9.17, 15) is 14.4 Å². The van der Waals surface area contributed by atoms with Gasteiger partial charge >= 0.3 is 18.0 Å². The Bertz CT molecular complexity index is 1490. The molecular weight excluding hydrogens is 594 g/mol. The van der Waals surface area contributed by atoms with Gasteiger partial charge in [-0.3, -0.25) is 0 Å². The van der Waals surface area contributed by atoms with Crippen molar-refractivity contribution in [3.05, 3.63) is 81.7 Å². The molecule has 3 heterocycles. The van der Waals surface area contributed by atoms with E-state index >= 15 is 0 Å². The monoisotopic (exact) mass is 635 g/mol. The van der Waals surface area contributed by atoms with E-state index in [1.807, 2.05) is 49.4 Å². The van der Waals surface area contributed by atoms with E-state index in [0.29, 0.717) is 65.0 Å². The Morgan fingerprint density at radius 2 is 1.58 bits per heavy atom. The third-order valence-electron chi connectivity index (χ3n) is 8.31. The van der Waals surface area contributed by atoms with Crippen LogP contribution in [0.15, 0.2) is 71.1 Å². The standard InChI is InChI=1S/C34H42ClN5O5/c1-21(2)44-32(41)29-22(3)37-23(4)30(33(42)45-28-11-13-36-14-12-28)31(29)24-7-5-9-26(19-24)38-34(43)40-17-15-39(16-18-40)27-10-6-8-25(35)20-27/h5-10,19-21,28,31,36-37H,11-18H2,1-4H3,(H,38,43). The Kier molecular flexibility index (Phi) is 10.4. The number of piperazine rings is 1. The average molecular weight is 636 g/mol. The zero-order valence-electron chi connectivity index (χ0n) is 26.3. The highest BCUT2D eigenvalue weighted by molar-refractivity contribution is 6.30. The fourth-order valence-electron chi connectivity index (χ4n) is 6.11. The number of rotatable bonds is 7. The molecule has 45 heavy (non-hydrogen) atoms. The highest BCUT2D eigenvalue weighted by atomic mass is 35.5. The van der Waals surface area contributed by atoms with Crippen LogP contribution in [0.4, 0.5) is 16.2 Å². The first-order valence-electron chi connectivity index (χ1n) is 15.6. The number of halogens is 1. The summed E-state index contributed by atoms with van der Waals surface area (Å²) >= 11 is 6.17. The van der Waals surface area contributed by atoms with Gasteiger partial charge in [0.2, 0.25) is 0 Å². The van der Waals surface area contributed by atoms with Gasteiger partial charge < -0.3 is 35.2 Å². The zero-order valence-corrected chi connectivity index (χ0v) is 27.1. The average Bonchev–Trinajstić information content (AvgIpc) is 3.01. The maximum Gasteiger partial charge on any atom is 0.337 e. The molecule has 2 saturated heterocycles. The Morgan fingerprint density at radius 3 is 2.24 bits per heavy atom. The van der Waals surface area contributed by atoms with E-state index in [-0.39, 0.29) is 18.2 Å². The molecule has 11 heteroatoms. The van der Waals surface area contributed by atoms with Crippen LogP contribution < -0.4 is 20.9 Å². The number of allylic oxidation sites excluding steroid dienone is 2. The molecule has 2 aromatic carbocycles. The molecule has 0 aromatic heterocycles. The van der Waals surface area contributed by atoms with Crippen molar-refractivity contribution >= 4 is 40.9 Å². The van der Waals surface area contributed by atoms with Crippen molar-refractivity contribution in [1.29, 1.82) is 0 Å². The minimum Gasteiger partial charge on any atom is -0.460 e. The highest BCUT2D eigenvalue weighted by Crippen LogP contribution is 2.40. The molecule has 0 saturated carbocycles. The summed E-state index contributed by atoms with van der Waals surface area (Å²) in [4.78, 5) is 44.6. The summed E-state index contributed by atoms with van der Waals surface area (Å²) in [5.41, 5.74) is 4.18. The van der Waals surface area contributed by atoms with Gasteiger partial charge in [0, 0.05) is 54.0 Å². The van der Waals surface area contributed by atoms with Crippen molar-refractivity contribution in [2.45, 2.75) is 58.7 Å². The second kappa shape index (κ2) is 14.4. The van der Waals surface area contributed by atoms with Crippen LogP contribution in [0.1, 0.15) is 52.0 Å². The Labute approximate surface area is 269 Å². The number of urea groups is 1. The molecule has 3 aliphatic rings. The molecular formula is C34H42ClN5O5. The van der Waals surface area contributed by atoms with Gasteiger partial charge in [-0.2, -0.15) is 0 Å². The molecule has 0 radical (unpaired) electrons. The first-order valence-corrected chi connectivity index (χ1v) is 16.0. The van der Waals surface area contributed by atoms with Crippen LogP contribution in [0.2, 0.25) is 5.02 Å². The lowest BCUT2D eigenvalue weighted by atomic mass is 9.80. The van der Waals surface area contributed by atoms with Crippen molar-refractivity contribution in [2.75, 3.05) is 49.5 Å². The second-order valence-electron chi connectivity index (χ2n) is 12.0. The van der Waals surface area contributed by atoms with E-state index in [0.717, 1.165) is 31.6 Å². The maximum absolute atomic E-state index is 13.8. The molecule has 0 spiro atoms. The number of anilines is 2. The van der Waals surface area contributed by atoms with E-state index < -0.39 is 17.9 Å². The smallest absolute Gasteiger partial charge is 0.337 e. The zero-order chi connectivity index (χ0) is 32.1. The van der Waals surface area contributed by atoms with Crippen LogP contribution >= 0.6 is 11.6 Å². The van der Waals surface area contributed by atoms with Gasteiger partial charge in [0.15, 0.2) is 0 Å². The summed E-state index contributed by atoms with van der Waals surface area (Å²) in [6, 6.07) is 14.8. The number of dihydropyridines is 1. The third-order valence-corrected chi connectivity index (χ3v) is 8.55. The Morgan fingerprint density at radius 1 is 0.911 bits per heavy atom. The number of carbonyl (C=O) groups is 3. The van der Waals surface area contributed by atoms with E-state index in [1.54, 1.807) is 31.7 Å². The van der Waals surface area contributed by atoms with Crippen molar-refractivity contribution < 1.29 is 23.9 Å². The second-order valence-corrected chi connectivity index (χ2v) is 12.4. The fourth-order valence-corrected chi connectivity index (χ4v) is 6.30. The Balaban J connectivity index is 1.37. The quantitative estimate of drug-likeness (QED) is 0.357. The van der Waals surface area contributed by atoms with E-state index in [4.69, 9.17) is 21.1 Å². The number of ether oxygens (including phenoxy) is 2. The number of carbonyl (C=O) groups excluding carboxylic acids is 3. The third kappa shape index (κ3) is 7.80. The fraction of sp³-hybridized carbons (Fsp3) is 0.441. The molecule has 0 bridgehead atoms. The van der Waals surface area contributed by atoms with E-state index in [2.05, 4.69) is 20.9 Å². The summed E-state index contributed by atoms with van der Waals surface area (Å²) < 4.78 is 11.6. The van der Waals surface area contributed by atoms with Gasteiger partial charge in [0.1, 0.15) is 6.10 Å². The molecule has 240 valence electrons. The van der Waals surface area contributed by atoms with Gasteiger partial charge in [-0.15, -0.1) is 0 Å². The van der Waals surface area contributed by atoms with E-state index in [1.165, 1.54) is 0 Å². The summed E-state index contributed by atoms with van der Waals surface area (Å²) in [6.45, 7) is 11.2. The lowest BCUT2D eigenvalue weighted by Crippen LogP contribution is -2.50. The SMILES string of the molecule is CC1=C(C(=O)OC(C)C)C(c2cccc(NC(=O)N3CCN(c4cccc(Cl)c4)CC3)c2)C(C(=O)OC2CCNCC2)=C(C)N1. The lowest BCUT2D eigenvalue weighted by Gasteiger charge is -2.36. The number of hydrogen-bond acceptors (Lipinski definition) is 8. The van der Waals surface area contributed by atoms with Crippen molar-refractivity contribution in [3.8, 4) is 0 Å². The number of nitrogens with zero attached hydrogens (tertiary/aromatic N) is 2. The lowest BCUT2D eigenvalue weighted by molar-refractivity contribution is -0.145. The molecule has 2 fully saturated rings. The summed E-state index contributed by atoms with van der Waals surface area (Å²) in [6.07, 6.45) is 0.896. The van der Waals surface area contributed by atoms with Gasteiger partial charge in [-0.1, -0.05) is 29.8 Å². The van der Waals surface area contributed by atoms with Crippen LogP contribution in [-0.2, 0) is 19.1 Å².